The number of anilines is 1. The van der Waals surface area contributed by atoms with Gasteiger partial charge in [-0.05, 0) is 19.8 Å². The van der Waals surface area contributed by atoms with Crippen molar-refractivity contribution >= 4 is 17.6 Å². The number of aryl methyl sites for hydroxylation is 1. The van der Waals surface area contributed by atoms with E-state index < -0.39 is 0 Å². The summed E-state index contributed by atoms with van der Waals surface area (Å²) in [6.07, 6.45) is 3.68. The van der Waals surface area contributed by atoms with Gasteiger partial charge in [-0.1, -0.05) is 6.92 Å². The molecule has 0 spiro atoms. The van der Waals surface area contributed by atoms with E-state index in [1.807, 2.05) is 17.9 Å². The summed E-state index contributed by atoms with van der Waals surface area (Å²) in [5.41, 5.74) is 1.04. The molecule has 2 aliphatic heterocycles. The minimum Gasteiger partial charge on any atom is -0.353 e. The third kappa shape index (κ3) is 3.91. The van der Waals surface area contributed by atoms with Crippen LogP contribution in [0.4, 0.5) is 5.82 Å². The SMILES string of the molecule is CCc1cc(N2CCN(C(=O)C3CCC(=O)N(CC)C3)CC2)ncn1. The van der Waals surface area contributed by atoms with Crippen LogP contribution in [-0.4, -0.2) is 70.9 Å². The Labute approximate surface area is 149 Å². The van der Waals surface area contributed by atoms with E-state index in [1.54, 1.807) is 11.2 Å². The number of amides is 2. The summed E-state index contributed by atoms with van der Waals surface area (Å²) in [6.45, 7) is 8.29. The van der Waals surface area contributed by atoms with Crippen LogP contribution in [0.3, 0.4) is 0 Å². The first-order chi connectivity index (χ1) is 12.1. The van der Waals surface area contributed by atoms with Gasteiger partial charge in [0.15, 0.2) is 0 Å². The molecule has 0 aromatic carbocycles. The van der Waals surface area contributed by atoms with E-state index in [1.165, 1.54) is 0 Å². The number of aromatic nitrogens is 2. The van der Waals surface area contributed by atoms with Crippen molar-refractivity contribution in [1.29, 1.82) is 0 Å². The maximum atomic E-state index is 12.8. The predicted molar refractivity (Wildman–Crippen MR) is 95.2 cm³/mol. The van der Waals surface area contributed by atoms with Crippen molar-refractivity contribution in [1.82, 2.24) is 19.8 Å². The second-order valence-corrected chi connectivity index (χ2v) is 6.70. The number of nitrogens with zero attached hydrogens (tertiary/aromatic N) is 5. The van der Waals surface area contributed by atoms with E-state index in [0.29, 0.717) is 39.0 Å². The molecule has 1 unspecified atom stereocenters. The lowest BCUT2D eigenvalue weighted by Gasteiger charge is -2.39. The lowest BCUT2D eigenvalue weighted by atomic mass is 9.95. The van der Waals surface area contributed by atoms with Gasteiger partial charge in [0, 0.05) is 57.4 Å². The molecule has 1 aromatic rings. The fraction of sp³-hybridized carbons (Fsp3) is 0.667. The predicted octanol–water partition coefficient (Wildman–Crippen LogP) is 0.946. The van der Waals surface area contributed by atoms with Crippen molar-refractivity contribution < 1.29 is 9.59 Å². The van der Waals surface area contributed by atoms with E-state index in [4.69, 9.17) is 0 Å². The van der Waals surface area contributed by atoms with Crippen LogP contribution < -0.4 is 4.90 Å². The van der Waals surface area contributed by atoms with Crippen molar-refractivity contribution in [2.75, 3.05) is 44.2 Å². The van der Waals surface area contributed by atoms with Gasteiger partial charge in [0.25, 0.3) is 0 Å². The van der Waals surface area contributed by atoms with Crippen LogP contribution in [0, 0.1) is 5.92 Å². The highest BCUT2D eigenvalue weighted by Gasteiger charge is 2.33. The number of likely N-dealkylation sites (tertiary alicyclic amines) is 1. The lowest BCUT2D eigenvalue weighted by Crippen LogP contribution is -2.53. The van der Waals surface area contributed by atoms with Crippen molar-refractivity contribution in [3.05, 3.63) is 18.1 Å². The Morgan fingerprint density at radius 1 is 1.20 bits per heavy atom. The fourth-order valence-electron chi connectivity index (χ4n) is 3.59. The lowest BCUT2D eigenvalue weighted by molar-refractivity contribution is -0.143. The zero-order valence-electron chi connectivity index (χ0n) is 15.1. The smallest absolute Gasteiger partial charge is 0.227 e. The molecule has 2 saturated heterocycles. The van der Waals surface area contributed by atoms with Gasteiger partial charge in [0.05, 0.1) is 5.92 Å². The van der Waals surface area contributed by atoms with E-state index in [2.05, 4.69) is 21.8 Å². The summed E-state index contributed by atoms with van der Waals surface area (Å²) >= 11 is 0. The number of rotatable bonds is 4. The van der Waals surface area contributed by atoms with Gasteiger partial charge >= 0.3 is 0 Å². The topological polar surface area (TPSA) is 69.6 Å². The van der Waals surface area contributed by atoms with Gasteiger partial charge in [-0.25, -0.2) is 9.97 Å². The first kappa shape index (κ1) is 17.6. The highest BCUT2D eigenvalue weighted by Crippen LogP contribution is 2.21. The monoisotopic (exact) mass is 345 g/mol. The molecule has 7 nitrogen and oxygen atoms in total. The number of piperidine rings is 1. The molecule has 0 bridgehead atoms. The van der Waals surface area contributed by atoms with Crippen LogP contribution in [0.2, 0.25) is 0 Å². The molecular formula is C18H27N5O2. The molecule has 7 heteroatoms. The van der Waals surface area contributed by atoms with Crippen LogP contribution >= 0.6 is 0 Å². The van der Waals surface area contributed by atoms with E-state index in [9.17, 15) is 9.59 Å². The van der Waals surface area contributed by atoms with Crippen LogP contribution in [0.15, 0.2) is 12.4 Å². The summed E-state index contributed by atoms with van der Waals surface area (Å²) in [5.74, 6) is 1.27. The van der Waals surface area contributed by atoms with Gasteiger partial charge in [-0.2, -0.15) is 0 Å². The summed E-state index contributed by atoms with van der Waals surface area (Å²) in [6, 6.07) is 2.03. The Balaban J connectivity index is 1.56. The first-order valence-corrected chi connectivity index (χ1v) is 9.24. The Hall–Kier alpha value is -2.18. The molecule has 25 heavy (non-hydrogen) atoms. The van der Waals surface area contributed by atoms with E-state index >= 15 is 0 Å². The maximum absolute atomic E-state index is 12.8. The Morgan fingerprint density at radius 3 is 2.64 bits per heavy atom. The van der Waals surface area contributed by atoms with Crippen LogP contribution in [0.1, 0.15) is 32.4 Å². The third-order valence-corrected chi connectivity index (χ3v) is 5.22. The summed E-state index contributed by atoms with van der Waals surface area (Å²) in [5, 5.41) is 0. The molecule has 2 fully saturated rings. The van der Waals surface area contributed by atoms with Crippen molar-refractivity contribution in [2.24, 2.45) is 5.92 Å². The van der Waals surface area contributed by atoms with Crippen molar-refractivity contribution in [2.45, 2.75) is 33.1 Å². The molecular weight excluding hydrogens is 318 g/mol. The number of carbonyl (C=O) groups excluding carboxylic acids is 2. The van der Waals surface area contributed by atoms with Crippen molar-refractivity contribution in [3.8, 4) is 0 Å². The number of piperazine rings is 1. The second-order valence-electron chi connectivity index (χ2n) is 6.70. The minimum absolute atomic E-state index is 0.0463. The van der Waals surface area contributed by atoms with Gasteiger partial charge in [0.1, 0.15) is 12.1 Å². The van der Waals surface area contributed by atoms with Crippen LogP contribution in [-0.2, 0) is 16.0 Å². The quantitative estimate of drug-likeness (QED) is 0.812. The molecule has 0 radical (unpaired) electrons. The molecule has 0 saturated carbocycles. The van der Waals surface area contributed by atoms with Gasteiger partial charge in [0.2, 0.25) is 11.8 Å². The standard InChI is InChI=1S/C18H27N5O2/c1-3-15-11-16(20-13-19-15)22-7-9-23(10-8-22)18(25)14-5-6-17(24)21(4-2)12-14/h11,13-14H,3-10,12H2,1-2H3. The van der Waals surface area contributed by atoms with Crippen molar-refractivity contribution in [3.63, 3.8) is 0 Å². The largest absolute Gasteiger partial charge is 0.353 e. The highest BCUT2D eigenvalue weighted by atomic mass is 16.2. The number of hydrogen-bond donors (Lipinski definition) is 0. The molecule has 0 N–H and O–H groups in total. The second kappa shape index (κ2) is 7.80. The Morgan fingerprint density at radius 2 is 1.96 bits per heavy atom. The number of carbonyl (C=O) groups is 2. The van der Waals surface area contributed by atoms with Gasteiger partial charge in [-0.15, -0.1) is 0 Å². The van der Waals surface area contributed by atoms with Crippen LogP contribution in [0.25, 0.3) is 0 Å². The molecule has 136 valence electrons. The molecule has 3 rings (SSSR count). The zero-order valence-corrected chi connectivity index (χ0v) is 15.1. The summed E-state index contributed by atoms with van der Waals surface area (Å²) < 4.78 is 0. The normalized spacial score (nSPS) is 21.6. The van der Waals surface area contributed by atoms with Crippen LogP contribution in [0.5, 0.6) is 0 Å². The Bertz CT molecular complexity index is 628. The maximum Gasteiger partial charge on any atom is 0.227 e. The average Bonchev–Trinajstić information content (AvgIpc) is 2.68. The number of hydrogen-bond acceptors (Lipinski definition) is 5. The molecule has 2 amide bonds. The Kier molecular flexibility index (Phi) is 5.50. The highest BCUT2D eigenvalue weighted by molar-refractivity contribution is 5.84. The van der Waals surface area contributed by atoms with E-state index in [0.717, 1.165) is 31.0 Å². The zero-order chi connectivity index (χ0) is 17.8. The fourth-order valence-corrected chi connectivity index (χ4v) is 3.59. The van der Waals surface area contributed by atoms with Gasteiger partial charge < -0.3 is 14.7 Å². The minimum atomic E-state index is -0.0463. The molecule has 2 aliphatic rings. The molecule has 0 aliphatic carbocycles. The van der Waals surface area contributed by atoms with E-state index in [-0.39, 0.29) is 17.7 Å². The summed E-state index contributed by atoms with van der Waals surface area (Å²) in [7, 11) is 0. The molecule has 1 aromatic heterocycles. The summed E-state index contributed by atoms with van der Waals surface area (Å²) in [4.78, 5) is 39.2. The third-order valence-electron chi connectivity index (χ3n) is 5.22. The molecule has 1 atom stereocenters. The average molecular weight is 345 g/mol. The molecule has 3 heterocycles. The van der Waals surface area contributed by atoms with Gasteiger partial charge in [-0.3, -0.25) is 9.59 Å². The first-order valence-electron chi connectivity index (χ1n) is 9.24.